The summed E-state index contributed by atoms with van der Waals surface area (Å²) in [5.41, 5.74) is 1.16. The third kappa shape index (κ3) is 7.20. The second-order valence-corrected chi connectivity index (χ2v) is 8.85. The number of ether oxygens (including phenoxy) is 2. The lowest BCUT2D eigenvalue weighted by atomic mass is 9.99. The minimum Gasteiger partial charge on any atom is -0.497 e. The van der Waals surface area contributed by atoms with E-state index in [0.717, 1.165) is 68.0 Å². The molecule has 2 heterocycles. The van der Waals surface area contributed by atoms with E-state index in [1.807, 2.05) is 13.1 Å². The zero-order chi connectivity index (χ0) is 22.1. The predicted molar refractivity (Wildman–Crippen MR) is 129 cm³/mol. The molecule has 7 heteroatoms. The number of rotatable bonds is 8. The highest BCUT2D eigenvalue weighted by Crippen LogP contribution is 2.30. The highest BCUT2D eigenvalue weighted by atomic mass is 16.5. The van der Waals surface area contributed by atoms with Crippen molar-refractivity contribution in [2.75, 3.05) is 65.4 Å². The molecule has 0 spiro atoms. The molecule has 1 aromatic rings. The van der Waals surface area contributed by atoms with Crippen LogP contribution in [0.3, 0.4) is 0 Å². The smallest absolute Gasteiger partial charge is 0.191 e. The molecule has 0 unspecified atom stereocenters. The van der Waals surface area contributed by atoms with Gasteiger partial charge in [-0.3, -0.25) is 4.99 Å². The van der Waals surface area contributed by atoms with Crippen molar-refractivity contribution in [3.8, 4) is 11.5 Å². The Morgan fingerprint density at radius 3 is 2.23 bits per heavy atom. The van der Waals surface area contributed by atoms with Crippen molar-refractivity contribution in [2.45, 2.75) is 45.1 Å². The van der Waals surface area contributed by atoms with E-state index in [-0.39, 0.29) is 0 Å². The molecule has 7 nitrogen and oxygen atoms in total. The number of guanidine groups is 1. The molecule has 2 N–H and O–H groups in total. The summed E-state index contributed by atoms with van der Waals surface area (Å²) in [7, 11) is 5.25. The van der Waals surface area contributed by atoms with Gasteiger partial charge < -0.3 is 29.9 Å². The molecule has 2 fully saturated rings. The fourth-order valence-corrected chi connectivity index (χ4v) is 4.44. The van der Waals surface area contributed by atoms with Gasteiger partial charge in [0.1, 0.15) is 11.5 Å². The summed E-state index contributed by atoms with van der Waals surface area (Å²) in [5, 5.41) is 7.12. The van der Waals surface area contributed by atoms with Crippen molar-refractivity contribution in [1.29, 1.82) is 0 Å². The molecule has 0 amide bonds. The summed E-state index contributed by atoms with van der Waals surface area (Å²) in [6.45, 7) is 9.02. The highest BCUT2D eigenvalue weighted by Gasteiger charge is 2.21. The van der Waals surface area contributed by atoms with Gasteiger partial charge in [0.2, 0.25) is 0 Å². The molecule has 0 bridgehead atoms. The van der Waals surface area contributed by atoms with Crippen LogP contribution in [0.4, 0.5) is 5.69 Å². The first-order valence-electron chi connectivity index (χ1n) is 11.8. The summed E-state index contributed by atoms with van der Waals surface area (Å²) >= 11 is 0. The van der Waals surface area contributed by atoms with Crippen LogP contribution in [0.15, 0.2) is 23.2 Å². The lowest BCUT2D eigenvalue weighted by molar-refractivity contribution is 0.191. The zero-order valence-corrected chi connectivity index (χ0v) is 19.8. The third-order valence-electron chi connectivity index (χ3n) is 6.58. The fraction of sp³-hybridized carbons (Fsp3) is 0.708. The molecule has 0 saturated carbocycles. The monoisotopic (exact) mass is 431 g/mol. The predicted octanol–water partition coefficient (Wildman–Crippen LogP) is 2.96. The van der Waals surface area contributed by atoms with Crippen molar-refractivity contribution in [2.24, 2.45) is 10.9 Å². The maximum absolute atomic E-state index is 5.42. The summed E-state index contributed by atoms with van der Waals surface area (Å²) in [4.78, 5) is 9.43. The lowest BCUT2D eigenvalue weighted by Gasteiger charge is -2.35. The van der Waals surface area contributed by atoms with Crippen LogP contribution in [-0.4, -0.2) is 77.4 Å². The van der Waals surface area contributed by atoms with Crippen LogP contribution in [0, 0.1) is 5.92 Å². The van der Waals surface area contributed by atoms with Crippen molar-refractivity contribution < 1.29 is 9.47 Å². The molecule has 0 atom stereocenters. The molecule has 0 aliphatic carbocycles. The van der Waals surface area contributed by atoms with Crippen LogP contribution in [0.2, 0.25) is 0 Å². The lowest BCUT2D eigenvalue weighted by Crippen LogP contribution is -2.49. The van der Waals surface area contributed by atoms with E-state index in [4.69, 9.17) is 9.47 Å². The van der Waals surface area contributed by atoms with Gasteiger partial charge in [0.05, 0.1) is 14.2 Å². The van der Waals surface area contributed by atoms with Crippen LogP contribution < -0.4 is 25.0 Å². The van der Waals surface area contributed by atoms with Gasteiger partial charge in [-0.25, -0.2) is 0 Å². The summed E-state index contributed by atoms with van der Waals surface area (Å²) in [5.74, 6) is 3.49. The van der Waals surface area contributed by atoms with Crippen LogP contribution in [-0.2, 0) is 0 Å². The molecule has 1 aromatic carbocycles. The Morgan fingerprint density at radius 2 is 1.65 bits per heavy atom. The number of anilines is 1. The molecule has 174 valence electrons. The minimum atomic E-state index is 0.443. The number of hydrogen-bond donors (Lipinski definition) is 2. The van der Waals surface area contributed by atoms with E-state index >= 15 is 0 Å². The standard InChI is InChI=1S/C24H41N5O2/c1-19-6-12-28(13-7-19)11-5-10-26-24(25-2)27-20-8-14-29(15-9-20)21-16-22(30-3)18-23(17-21)31-4/h16-20H,5-15H2,1-4H3,(H2,25,26,27). The third-order valence-corrected chi connectivity index (χ3v) is 6.58. The van der Waals surface area contributed by atoms with E-state index < -0.39 is 0 Å². The molecular weight excluding hydrogens is 390 g/mol. The highest BCUT2D eigenvalue weighted by molar-refractivity contribution is 5.80. The topological polar surface area (TPSA) is 61.4 Å². The van der Waals surface area contributed by atoms with E-state index in [0.29, 0.717) is 6.04 Å². The number of hydrogen-bond acceptors (Lipinski definition) is 5. The molecule has 0 radical (unpaired) electrons. The minimum absolute atomic E-state index is 0.443. The van der Waals surface area contributed by atoms with Gasteiger partial charge in [-0.1, -0.05) is 6.92 Å². The quantitative estimate of drug-likeness (QED) is 0.375. The first kappa shape index (κ1) is 23.5. The number of aliphatic imine (C=N–C) groups is 1. The number of nitrogens with zero attached hydrogens (tertiary/aromatic N) is 3. The number of benzene rings is 1. The molecule has 2 aliphatic rings. The zero-order valence-electron chi connectivity index (χ0n) is 19.8. The Labute approximate surface area is 188 Å². The van der Waals surface area contributed by atoms with E-state index in [9.17, 15) is 0 Å². The van der Waals surface area contributed by atoms with Crippen molar-refractivity contribution >= 4 is 11.6 Å². The number of methoxy groups -OCH3 is 2. The number of piperidine rings is 2. The SMILES string of the molecule is CN=C(NCCCN1CCC(C)CC1)NC1CCN(c2cc(OC)cc(OC)c2)CC1. The van der Waals surface area contributed by atoms with Gasteiger partial charge in [-0.2, -0.15) is 0 Å². The Kier molecular flexibility index (Phi) is 9.13. The van der Waals surface area contributed by atoms with Gasteiger partial charge >= 0.3 is 0 Å². The number of likely N-dealkylation sites (tertiary alicyclic amines) is 1. The van der Waals surface area contributed by atoms with Crippen LogP contribution in [0.25, 0.3) is 0 Å². The molecule has 2 aliphatic heterocycles. The van der Waals surface area contributed by atoms with Crippen molar-refractivity contribution in [3.63, 3.8) is 0 Å². The van der Waals surface area contributed by atoms with Crippen LogP contribution >= 0.6 is 0 Å². The molecule has 3 rings (SSSR count). The normalized spacial score (nSPS) is 19.4. The van der Waals surface area contributed by atoms with Gasteiger partial charge in [-0.05, 0) is 57.7 Å². The van der Waals surface area contributed by atoms with Gasteiger partial charge in [0, 0.05) is 56.6 Å². The second-order valence-electron chi connectivity index (χ2n) is 8.85. The second kappa shape index (κ2) is 12.0. The van der Waals surface area contributed by atoms with Gasteiger partial charge in [0.25, 0.3) is 0 Å². The first-order chi connectivity index (χ1) is 15.1. The van der Waals surface area contributed by atoms with Crippen molar-refractivity contribution in [1.82, 2.24) is 15.5 Å². The molecular formula is C24H41N5O2. The Balaban J connectivity index is 1.38. The summed E-state index contributed by atoms with van der Waals surface area (Å²) in [6, 6.07) is 6.53. The molecule has 0 aromatic heterocycles. The Hall–Kier alpha value is -2.15. The van der Waals surface area contributed by atoms with E-state index in [1.165, 1.54) is 32.5 Å². The van der Waals surface area contributed by atoms with Crippen LogP contribution in [0.1, 0.15) is 39.0 Å². The summed E-state index contributed by atoms with van der Waals surface area (Å²) < 4.78 is 10.8. The number of nitrogens with one attached hydrogen (secondary N) is 2. The van der Waals surface area contributed by atoms with Gasteiger partial charge in [0.15, 0.2) is 5.96 Å². The largest absolute Gasteiger partial charge is 0.497 e. The van der Waals surface area contributed by atoms with Crippen molar-refractivity contribution in [3.05, 3.63) is 18.2 Å². The average molecular weight is 432 g/mol. The van der Waals surface area contributed by atoms with Gasteiger partial charge in [-0.15, -0.1) is 0 Å². The maximum Gasteiger partial charge on any atom is 0.191 e. The molecule has 31 heavy (non-hydrogen) atoms. The summed E-state index contributed by atoms with van der Waals surface area (Å²) in [6.07, 6.45) is 6.00. The van der Waals surface area contributed by atoms with Crippen LogP contribution in [0.5, 0.6) is 11.5 Å². The first-order valence-corrected chi connectivity index (χ1v) is 11.8. The Morgan fingerprint density at radius 1 is 1.00 bits per heavy atom. The molecule has 2 saturated heterocycles. The average Bonchev–Trinajstić information content (AvgIpc) is 2.82. The Bertz CT molecular complexity index is 673. The van der Waals surface area contributed by atoms with E-state index in [1.54, 1.807) is 14.2 Å². The van der Waals surface area contributed by atoms with E-state index in [2.05, 4.69) is 44.5 Å². The fourth-order valence-electron chi connectivity index (χ4n) is 4.44. The maximum atomic E-state index is 5.42.